The molecule has 1 aromatic heterocycles. The molecule has 0 unspecified atom stereocenters. The molecule has 132 valence electrons. The van der Waals surface area contributed by atoms with Crippen LogP contribution in [-0.4, -0.2) is 10.7 Å². The van der Waals surface area contributed by atoms with Crippen LogP contribution in [0.15, 0.2) is 104 Å². The molecular formula is C24H21N3. The number of aromatic nitrogens is 1. The first-order chi connectivity index (χ1) is 13.1. The van der Waals surface area contributed by atoms with Crippen LogP contribution in [0.1, 0.15) is 5.56 Å². The summed E-state index contributed by atoms with van der Waals surface area (Å²) in [5, 5.41) is 10.6. The third-order valence-electron chi connectivity index (χ3n) is 4.31. The fourth-order valence-corrected chi connectivity index (χ4v) is 2.83. The Morgan fingerprint density at radius 3 is 2.52 bits per heavy atom. The molecular weight excluding hydrogens is 330 g/mol. The Morgan fingerprint density at radius 1 is 0.963 bits per heavy atom. The summed E-state index contributed by atoms with van der Waals surface area (Å²) in [5.41, 5.74) is 10.7. The number of hydrogen-bond donors (Lipinski definition) is 2. The van der Waals surface area contributed by atoms with Crippen molar-refractivity contribution in [1.29, 1.82) is 5.41 Å². The Hall–Kier alpha value is -3.72. The summed E-state index contributed by atoms with van der Waals surface area (Å²) in [4.78, 5) is 4.19. The van der Waals surface area contributed by atoms with Crippen molar-refractivity contribution in [2.45, 2.75) is 0 Å². The number of nitrogens with two attached hydrogens (primary N) is 1. The first-order valence-corrected chi connectivity index (χ1v) is 8.58. The minimum Gasteiger partial charge on any atom is -0.398 e. The third-order valence-corrected chi connectivity index (χ3v) is 4.31. The molecule has 0 radical (unpaired) electrons. The molecule has 0 atom stereocenters. The Morgan fingerprint density at radius 2 is 1.74 bits per heavy atom. The number of anilines is 1. The maximum Gasteiger partial charge on any atom is 0.0633 e. The molecule has 3 nitrogen and oxygen atoms in total. The second-order valence-corrected chi connectivity index (χ2v) is 6.09. The Balaban J connectivity index is 1.97. The van der Waals surface area contributed by atoms with E-state index in [2.05, 4.69) is 36.3 Å². The van der Waals surface area contributed by atoms with E-state index in [1.807, 2.05) is 42.6 Å². The van der Waals surface area contributed by atoms with Crippen LogP contribution in [0.3, 0.4) is 0 Å². The number of benzene rings is 2. The van der Waals surface area contributed by atoms with Gasteiger partial charge in [-0.1, -0.05) is 55.7 Å². The Bertz CT molecular complexity index is 1090. The molecule has 27 heavy (non-hydrogen) atoms. The number of nitrogens with zero attached hydrogens (tertiary/aromatic N) is 1. The van der Waals surface area contributed by atoms with Gasteiger partial charge in [0.25, 0.3) is 0 Å². The highest BCUT2D eigenvalue weighted by Gasteiger charge is 2.07. The smallest absolute Gasteiger partial charge is 0.0633 e. The lowest BCUT2D eigenvalue weighted by Gasteiger charge is -2.09. The average molecular weight is 351 g/mol. The normalized spacial score (nSPS) is 11.6. The molecule has 0 bridgehead atoms. The summed E-state index contributed by atoms with van der Waals surface area (Å²) in [6.45, 7) is 7.44. The second kappa shape index (κ2) is 8.11. The summed E-state index contributed by atoms with van der Waals surface area (Å²) in [6, 6.07) is 14.0. The van der Waals surface area contributed by atoms with Gasteiger partial charge in [-0.15, -0.1) is 0 Å². The fraction of sp³-hybridized carbons (Fsp3) is 0. The molecule has 1 heterocycles. The van der Waals surface area contributed by atoms with Crippen molar-refractivity contribution in [3.63, 3.8) is 0 Å². The molecule has 3 aromatic rings. The van der Waals surface area contributed by atoms with Gasteiger partial charge >= 0.3 is 0 Å². The molecule has 3 N–H and O–H groups in total. The Kier molecular flexibility index (Phi) is 5.43. The third kappa shape index (κ3) is 4.10. The molecule has 0 aliphatic heterocycles. The second-order valence-electron chi connectivity index (χ2n) is 6.09. The van der Waals surface area contributed by atoms with E-state index in [0.29, 0.717) is 17.0 Å². The number of fused-ring (bicyclic) bond motifs is 1. The summed E-state index contributed by atoms with van der Waals surface area (Å²) in [6.07, 6.45) is 12.4. The van der Waals surface area contributed by atoms with Crippen LogP contribution in [0.5, 0.6) is 0 Å². The summed E-state index contributed by atoms with van der Waals surface area (Å²) in [5.74, 6) is 0. The largest absolute Gasteiger partial charge is 0.398 e. The van der Waals surface area contributed by atoms with Gasteiger partial charge in [0.15, 0.2) is 0 Å². The molecule has 3 heteroatoms. The molecule has 0 fully saturated rings. The van der Waals surface area contributed by atoms with Crippen LogP contribution in [0.25, 0.3) is 21.9 Å². The maximum atomic E-state index is 8.40. The van der Waals surface area contributed by atoms with Gasteiger partial charge in [-0.2, -0.15) is 0 Å². The number of hydrogen-bond acceptors (Lipinski definition) is 3. The zero-order valence-electron chi connectivity index (χ0n) is 15.0. The number of pyridine rings is 1. The van der Waals surface area contributed by atoms with Gasteiger partial charge in [0.05, 0.1) is 5.71 Å². The lowest BCUT2D eigenvalue weighted by molar-refractivity contribution is 1.36. The average Bonchev–Trinajstić information content (AvgIpc) is 2.70. The maximum absolute atomic E-state index is 8.40. The molecule has 0 saturated heterocycles. The van der Waals surface area contributed by atoms with Crippen molar-refractivity contribution >= 4 is 22.2 Å². The number of nitrogens with one attached hydrogen (secondary N) is 1. The predicted molar refractivity (Wildman–Crippen MR) is 116 cm³/mol. The highest BCUT2D eigenvalue weighted by Crippen LogP contribution is 2.27. The molecule has 0 spiro atoms. The lowest BCUT2D eigenvalue weighted by Crippen LogP contribution is -2.01. The van der Waals surface area contributed by atoms with E-state index in [1.165, 1.54) is 0 Å². The zero-order valence-corrected chi connectivity index (χ0v) is 15.0. The van der Waals surface area contributed by atoms with Crippen molar-refractivity contribution in [2.75, 3.05) is 5.73 Å². The van der Waals surface area contributed by atoms with Crippen molar-refractivity contribution < 1.29 is 0 Å². The van der Waals surface area contributed by atoms with E-state index in [-0.39, 0.29) is 0 Å². The molecule has 2 aromatic carbocycles. The molecule has 0 saturated carbocycles. The summed E-state index contributed by atoms with van der Waals surface area (Å²) >= 11 is 0. The van der Waals surface area contributed by atoms with Crippen molar-refractivity contribution in [3.8, 4) is 11.1 Å². The van der Waals surface area contributed by atoms with E-state index in [1.54, 1.807) is 24.4 Å². The number of nitrogen functional groups attached to an aromatic ring is 1. The monoisotopic (exact) mass is 351 g/mol. The number of rotatable bonds is 6. The minimum absolute atomic E-state index is 0.341. The Labute approximate surface area is 159 Å². The van der Waals surface area contributed by atoms with Crippen LogP contribution >= 0.6 is 0 Å². The van der Waals surface area contributed by atoms with Gasteiger partial charge in [0.2, 0.25) is 0 Å². The van der Waals surface area contributed by atoms with Crippen LogP contribution < -0.4 is 5.73 Å². The van der Waals surface area contributed by atoms with Crippen LogP contribution in [-0.2, 0) is 0 Å². The molecule has 0 aliphatic rings. The highest BCUT2D eigenvalue weighted by molar-refractivity contribution is 6.11. The number of allylic oxidation sites excluding steroid dienone is 6. The summed E-state index contributed by atoms with van der Waals surface area (Å²) in [7, 11) is 0. The van der Waals surface area contributed by atoms with Crippen molar-refractivity contribution in [1.82, 2.24) is 4.98 Å². The van der Waals surface area contributed by atoms with E-state index < -0.39 is 0 Å². The van der Waals surface area contributed by atoms with E-state index >= 15 is 0 Å². The standard InChI is InChI=1S/C24H21N3/c1-3-5-17(4-2)6-10-23(25)22-15-20(9-11-24(22)26)19-8-7-18-12-13-27-16-21(18)14-19/h3-16,25H,1-2,26H2/b10-6+,17-5+,25-23?. The lowest BCUT2D eigenvalue weighted by atomic mass is 9.97. The van der Waals surface area contributed by atoms with Crippen LogP contribution in [0.4, 0.5) is 5.69 Å². The zero-order chi connectivity index (χ0) is 19.2. The van der Waals surface area contributed by atoms with Crippen molar-refractivity contribution in [3.05, 3.63) is 110 Å². The minimum atomic E-state index is 0.341. The first kappa shape index (κ1) is 18.1. The van der Waals surface area contributed by atoms with E-state index in [9.17, 15) is 0 Å². The molecule has 3 rings (SSSR count). The van der Waals surface area contributed by atoms with Crippen LogP contribution in [0, 0.1) is 5.41 Å². The predicted octanol–water partition coefficient (Wildman–Crippen LogP) is 5.71. The first-order valence-electron chi connectivity index (χ1n) is 8.58. The van der Waals surface area contributed by atoms with Gasteiger partial charge in [-0.25, -0.2) is 0 Å². The van der Waals surface area contributed by atoms with E-state index in [4.69, 9.17) is 11.1 Å². The molecule has 0 amide bonds. The van der Waals surface area contributed by atoms with Gasteiger partial charge < -0.3 is 11.1 Å². The van der Waals surface area contributed by atoms with Crippen molar-refractivity contribution in [2.24, 2.45) is 0 Å². The SMILES string of the molecule is C=C/C=C(C=C)/C=C/C(=N)c1cc(-c2ccc3ccncc3c2)ccc1N. The van der Waals surface area contributed by atoms with Crippen LogP contribution in [0.2, 0.25) is 0 Å². The topological polar surface area (TPSA) is 62.8 Å². The fourth-order valence-electron chi connectivity index (χ4n) is 2.83. The van der Waals surface area contributed by atoms with Gasteiger partial charge in [-0.05, 0) is 52.4 Å². The quantitative estimate of drug-likeness (QED) is 0.339. The van der Waals surface area contributed by atoms with Gasteiger partial charge in [0, 0.05) is 29.0 Å². The van der Waals surface area contributed by atoms with E-state index in [0.717, 1.165) is 27.5 Å². The molecule has 0 aliphatic carbocycles. The summed E-state index contributed by atoms with van der Waals surface area (Å²) < 4.78 is 0. The highest BCUT2D eigenvalue weighted by atomic mass is 14.6. The van der Waals surface area contributed by atoms with Gasteiger partial charge in [-0.3, -0.25) is 4.98 Å². The van der Waals surface area contributed by atoms with Gasteiger partial charge in [0.1, 0.15) is 0 Å².